The highest BCUT2D eigenvalue weighted by Gasteiger charge is 2.37. The lowest BCUT2D eigenvalue weighted by atomic mass is 10.3. The molecule has 1 N–H and O–H groups in total. The molecule has 0 bridgehead atoms. The van der Waals surface area contributed by atoms with Crippen molar-refractivity contribution in [2.24, 2.45) is 0 Å². The molecule has 0 amide bonds. The molecule has 0 spiro atoms. The molecule has 1 fully saturated rings. The summed E-state index contributed by atoms with van der Waals surface area (Å²) >= 11 is 6.03. The Bertz CT molecular complexity index is 468. The van der Waals surface area contributed by atoms with Crippen molar-refractivity contribution in [3.8, 4) is 0 Å². The quantitative estimate of drug-likeness (QED) is 0.869. The molecule has 1 aliphatic rings. The van der Waals surface area contributed by atoms with Gasteiger partial charge in [-0.3, -0.25) is 4.79 Å². The Morgan fingerprint density at radius 3 is 2.94 bits per heavy atom. The number of ether oxygens (including phenoxy) is 1. The van der Waals surface area contributed by atoms with Crippen LogP contribution in [0.5, 0.6) is 0 Å². The Hall–Kier alpha value is -1.07. The number of hydrogen-bond donors (Lipinski definition) is 1. The maximum atomic E-state index is 11.9. The van der Waals surface area contributed by atoms with Crippen LogP contribution >= 0.6 is 11.6 Å². The second kappa shape index (κ2) is 4.66. The molecule has 94 valence electrons. The molecule has 0 atom stereocenters. The number of halogens is 1. The first-order valence-corrected chi connectivity index (χ1v) is 5.96. The normalized spacial score (nSPS) is 16.9. The first-order chi connectivity index (χ1) is 8.06. The molecule has 0 radical (unpaired) electrons. The smallest absolute Gasteiger partial charge is 0.287 e. The van der Waals surface area contributed by atoms with Gasteiger partial charge in [-0.25, -0.2) is 4.68 Å². The molecule has 2 rings (SSSR count). The average molecular weight is 258 g/mol. The molecule has 1 saturated carbocycles. The Morgan fingerprint density at radius 2 is 2.35 bits per heavy atom. The van der Waals surface area contributed by atoms with Crippen molar-refractivity contribution in [2.45, 2.75) is 31.8 Å². The van der Waals surface area contributed by atoms with Crippen molar-refractivity contribution < 1.29 is 4.74 Å². The highest BCUT2D eigenvalue weighted by Crippen LogP contribution is 2.38. The average Bonchev–Trinajstić information content (AvgIpc) is 3.02. The van der Waals surface area contributed by atoms with Gasteiger partial charge in [0.1, 0.15) is 5.02 Å². The van der Waals surface area contributed by atoms with E-state index in [-0.39, 0.29) is 16.1 Å². The van der Waals surface area contributed by atoms with E-state index in [1.807, 2.05) is 0 Å². The van der Waals surface area contributed by atoms with E-state index in [0.29, 0.717) is 18.8 Å². The van der Waals surface area contributed by atoms with Crippen molar-refractivity contribution >= 4 is 17.3 Å². The van der Waals surface area contributed by atoms with E-state index in [9.17, 15) is 4.79 Å². The van der Waals surface area contributed by atoms with Crippen LogP contribution in [-0.2, 0) is 11.3 Å². The topological polar surface area (TPSA) is 56.1 Å². The minimum Gasteiger partial charge on any atom is -0.383 e. The Balaban J connectivity index is 2.19. The van der Waals surface area contributed by atoms with Crippen molar-refractivity contribution in [2.75, 3.05) is 19.0 Å². The zero-order valence-corrected chi connectivity index (χ0v) is 10.8. The minimum absolute atomic E-state index is 0.0798. The molecule has 1 aromatic rings. The van der Waals surface area contributed by atoms with E-state index >= 15 is 0 Å². The number of rotatable bonds is 5. The van der Waals surface area contributed by atoms with Gasteiger partial charge in [0.2, 0.25) is 0 Å². The van der Waals surface area contributed by atoms with Crippen LogP contribution in [-0.4, -0.2) is 29.0 Å². The fourth-order valence-corrected chi connectivity index (χ4v) is 1.72. The van der Waals surface area contributed by atoms with Crippen LogP contribution in [0.1, 0.15) is 19.8 Å². The van der Waals surface area contributed by atoms with Crippen molar-refractivity contribution in [1.29, 1.82) is 0 Å². The van der Waals surface area contributed by atoms with E-state index in [2.05, 4.69) is 17.3 Å². The second-order valence-corrected chi connectivity index (χ2v) is 4.96. The maximum Gasteiger partial charge on any atom is 0.287 e. The summed E-state index contributed by atoms with van der Waals surface area (Å²) in [6.07, 6.45) is 3.79. The van der Waals surface area contributed by atoms with Crippen molar-refractivity contribution in [3.05, 3.63) is 21.6 Å². The largest absolute Gasteiger partial charge is 0.383 e. The Morgan fingerprint density at radius 1 is 1.65 bits per heavy atom. The second-order valence-electron chi connectivity index (χ2n) is 4.58. The van der Waals surface area contributed by atoms with Crippen molar-refractivity contribution in [3.63, 3.8) is 0 Å². The van der Waals surface area contributed by atoms with Gasteiger partial charge < -0.3 is 10.1 Å². The van der Waals surface area contributed by atoms with Gasteiger partial charge in [-0.1, -0.05) is 11.6 Å². The summed E-state index contributed by atoms with van der Waals surface area (Å²) in [4.78, 5) is 11.9. The molecule has 6 heteroatoms. The van der Waals surface area contributed by atoms with Crippen LogP contribution in [0.4, 0.5) is 5.69 Å². The fourth-order valence-electron chi connectivity index (χ4n) is 1.53. The third-order valence-corrected chi connectivity index (χ3v) is 3.29. The number of aromatic nitrogens is 2. The third-order valence-electron chi connectivity index (χ3n) is 2.93. The molecule has 1 aromatic heterocycles. The predicted octanol–water partition coefficient (Wildman–Crippen LogP) is 1.51. The molecule has 1 heterocycles. The van der Waals surface area contributed by atoms with Gasteiger partial charge >= 0.3 is 0 Å². The first-order valence-electron chi connectivity index (χ1n) is 5.58. The molecular formula is C11H16ClN3O2. The standard InChI is InChI=1S/C11H16ClN3O2/c1-11(3-4-11)14-8-7-13-15(5-6-17-2)10(16)9(8)12/h7,14H,3-6H2,1-2H3. The molecule has 0 aromatic carbocycles. The van der Waals surface area contributed by atoms with Gasteiger partial charge in [0.05, 0.1) is 25.0 Å². The summed E-state index contributed by atoms with van der Waals surface area (Å²) in [5, 5.41) is 7.51. The first kappa shape index (κ1) is 12.4. The zero-order valence-electron chi connectivity index (χ0n) is 9.99. The Labute approximate surface area is 105 Å². The molecular weight excluding hydrogens is 242 g/mol. The van der Waals surface area contributed by atoms with Crippen LogP contribution in [0.3, 0.4) is 0 Å². The lowest BCUT2D eigenvalue weighted by Crippen LogP contribution is -2.27. The van der Waals surface area contributed by atoms with E-state index in [4.69, 9.17) is 16.3 Å². The molecule has 0 aliphatic heterocycles. The number of methoxy groups -OCH3 is 1. The van der Waals surface area contributed by atoms with Gasteiger partial charge in [-0.15, -0.1) is 0 Å². The number of hydrogen-bond acceptors (Lipinski definition) is 4. The maximum absolute atomic E-state index is 11.9. The van der Waals surface area contributed by atoms with Crippen LogP contribution in [0.2, 0.25) is 5.02 Å². The van der Waals surface area contributed by atoms with Crippen LogP contribution in [0.25, 0.3) is 0 Å². The molecule has 17 heavy (non-hydrogen) atoms. The lowest BCUT2D eigenvalue weighted by Gasteiger charge is -2.14. The summed E-state index contributed by atoms with van der Waals surface area (Å²) in [6.45, 7) is 2.94. The Kier molecular flexibility index (Phi) is 3.40. The predicted molar refractivity (Wildman–Crippen MR) is 66.6 cm³/mol. The minimum atomic E-state index is -0.280. The third kappa shape index (κ3) is 2.79. The van der Waals surface area contributed by atoms with Gasteiger partial charge in [0, 0.05) is 12.6 Å². The zero-order chi connectivity index (χ0) is 12.5. The summed E-state index contributed by atoms with van der Waals surface area (Å²) in [5.74, 6) is 0. The summed E-state index contributed by atoms with van der Waals surface area (Å²) < 4.78 is 6.21. The lowest BCUT2D eigenvalue weighted by molar-refractivity contribution is 0.182. The molecule has 0 saturated heterocycles. The van der Waals surface area contributed by atoms with E-state index in [1.54, 1.807) is 13.3 Å². The van der Waals surface area contributed by atoms with Gasteiger partial charge in [-0.05, 0) is 19.8 Å². The summed E-state index contributed by atoms with van der Waals surface area (Å²) in [5.41, 5.74) is 0.416. The van der Waals surface area contributed by atoms with E-state index in [1.165, 1.54) is 4.68 Å². The highest BCUT2D eigenvalue weighted by molar-refractivity contribution is 6.32. The summed E-state index contributed by atoms with van der Waals surface area (Å²) in [6, 6.07) is 0. The molecule has 0 unspecified atom stereocenters. The monoisotopic (exact) mass is 257 g/mol. The SMILES string of the molecule is COCCn1ncc(NC2(C)CC2)c(Cl)c1=O. The molecule has 5 nitrogen and oxygen atoms in total. The number of nitrogens with one attached hydrogen (secondary N) is 1. The van der Waals surface area contributed by atoms with Crippen LogP contribution < -0.4 is 10.9 Å². The molecule has 1 aliphatic carbocycles. The number of anilines is 1. The highest BCUT2D eigenvalue weighted by atomic mass is 35.5. The van der Waals surface area contributed by atoms with Crippen LogP contribution in [0.15, 0.2) is 11.0 Å². The van der Waals surface area contributed by atoms with Gasteiger partial charge in [0.15, 0.2) is 0 Å². The van der Waals surface area contributed by atoms with Crippen LogP contribution in [0, 0.1) is 0 Å². The number of nitrogens with zero attached hydrogens (tertiary/aromatic N) is 2. The van der Waals surface area contributed by atoms with Crippen molar-refractivity contribution in [1.82, 2.24) is 9.78 Å². The van der Waals surface area contributed by atoms with Gasteiger partial charge in [-0.2, -0.15) is 5.10 Å². The summed E-state index contributed by atoms with van der Waals surface area (Å²) in [7, 11) is 1.58. The van der Waals surface area contributed by atoms with E-state index < -0.39 is 0 Å². The van der Waals surface area contributed by atoms with Gasteiger partial charge in [0.25, 0.3) is 5.56 Å². The fraction of sp³-hybridized carbons (Fsp3) is 0.636. The van der Waals surface area contributed by atoms with E-state index in [0.717, 1.165) is 12.8 Å².